The predicted molar refractivity (Wildman–Crippen MR) is 73.8 cm³/mol. The zero-order valence-corrected chi connectivity index (χ0v) is 11.0. The fraction of sp³-hybridized carbons (Fsp3) is 0.600. The van der Waals surface area contributed by atoms with Crippen LogP contribution in [-0.4, -0.2) is 30.6 Å². The summed E-state index contributed by atoms with van der Waals surface area (Å²) in [5.41, 5.74) is 7.58. The van der Waals surface area contributed by atoms with Crippen molar-refractivity contribution in [1.82, 2.24) is 4.90 Å². The Morgan fingerprint density at radius 3 is 3.00 bits per heavy atom. The van der Waals surface area contributed by atoms with E-state index in [4.69, 9.17) is 5.73 Å². The third-order valence-corrected chi connectivity index (χ3v) is 3.51. The molecule has 0 saturated carbocycles. The van der Waals surface area contributed by atoms with Gasteiger partial charge in [-0.25, -0.2) is 0 Å². The summed E-state index contributed by atoms with van der Waals surface area (Å²) in [6.45, 7) is 7.72. The van der Waals surface area contributed by atoms with E-state index < -0.39 is 0 Å². The van der Waals surface area contributed by atoms with E-state index in [0.717, 1.165) is 13.1 Å². The molecule has 0 radical (unpaired) electrons. The molecular weight excluding hydrogens is 208 g/mol. The maximum atomic E-state index is 6.01. The van der Waals surface area contributed by atoms with E-state index >= 15 is 0 Å². The number of allylic oxidation sites excluding steroid dienone is 4. The van der Waals surface area contributed by atoms with E-state index in [1.807, 2.05) is 0 Å². The molecule has 0 unspecified atom stereocenters. The van der Waals surface area contributed by atoms with Gasteiger partial charge in [0, 0.05) is 24.5 Å². The SMILES string of the molecule is CC1(C)C=CC=C(CN2CCC[C@@H](N)C2)C=C1. The average Bonchev–Trinajstić information content (AvgIpc) is 2.41. The zero-order chi connectivity index (χ0) is 12.3. The fourth-order valence-corrected chi connectivity index (χ4v) is 2.45. The number of hydrogen-bond donors (Lipinski definition) is 1. The van der Waals surface area contributed by atoms with Gasteiger partial charge >= 0.3 is 0 Å². The second-order valence-electron chi connectivity index (χ2n) is 5.89. The minimum atomic E-state index is 0.177. The second kappa shape index (κ2) is 5.19. The molecule has 0 spiro atoms. The van der Waals surface area contributed by atoms with Crippen molar-refractivity contribution in [1.29, 1.82) is 0 Å². The maximum absolute atomic E-state index is 6.01. The summed E-state index contributed by atoms with van der Waals surface area (Å²) in [7, 11) is 0. The lowest BCUT2D eigenvalue weighted by atomic mass is 9.93. The summed E-state index contributed by atoms with van der Waals surface area (Å²) in [5.74, 6) is 0. The maximum Gasteiger partial charge on any atom is 0.0234 e. The third-order valence-electron chi connectivity index (χ3n) is 3.51. The van der Waals surface area contributed by atoms with Crippen LogP contribution in [0, 0.1) is 5.41 Å². The highest BCUT2D eigenvalue weighted by Crippen LogP contribution is 2.23. The minimum absolute atomic E-state index is 0.177. The van der Waals surface area contributed by atoms with Crippen LogP contribution in [0.5, 0.6) is 0 Å². The molecule has 1 fully saturated rings. The standard InChI is InChI=1S/C15H24N2/c1-15(2)8-3-5-13(7-9-15)11-17-10-4-6-14(16)12-17/h3,5,7-9,14H,4,6,10-12,16H2,1-2H3/t14-/m1/s1. The number of likely N-dealkylation sites (tertiary alicyclic amines) is 1. The van der Waals surface area contributed by atoms with Gasteiger partial charge in [-0.1, -0.05) is 44.2 Å². The summed E-state index contributed by atoms with van der Waals surface area (Å²) in [5, 5.41) is 0. The van der Waals surface area contributed by atoms with Crippen LogP contribution < -0.4 is 5.73 Å². The fourth-order valence-electron chi connectivity index (χ4n) is 2.45. The molecule has 0 amide bonds. The van der Waals surface area contributed by atoms with Gasteiger partial charge in [-0.2, -0.15) is 0 Å². The Labute approximate surface area is 105 Å². The van der Waals surface area contributed by atoms with Gasteiger partial charge in [0.15, 0.2) is 0 Å². The van der Waals surface area contributed by atoms with Crippen LogP contribution in [0.15, 0.2) is 36.0 Å². The molecule has 2 N–H and O–H groups in total. The summed E-state index contributed by atoms with van der Waals surface area (Å²) >= 11 is 0. The van der Waals surface area contributed by atoms with Gasteiger partial charge in [0.05, 0.1) is 0 Å². The molecule has 2 heteroatoms. The van der Waals surface area contributed by atoms with Crippen molar-refractivity contribution in [2.24, 2.45) is 11.1 Å². The van der Waals surface area contributed by atoms with Crippen LogP contribution in [0.2, 0.25) is 0 Å². The predicted octanol–water partition coefficient (Wildman–Crippen LogP) is 2.49. The van der Waals surface area contributed by atoms with Crippen LogP contribution in [0.4, 0.5) is 0 Å². The van der Waals surface area contributed by atoms with Gasteiger partial charge in [-0.05, 0) is 25.0 Å². The Kier molecular flexibility index (Phi) is 3.85. The number of piperidine rings is 1. The highest BCUT2D eigenvalue weighted by Gasteiger charge is 2.17. The van der Waals surface area contributed by atoms with Crippen molar-refractivity contribution in [2.45, 2.75) is 32.7 Å². The molecule has 17 heavy (non-hydrogen) atoms. The van der Waals surface area contributed by atoms with E-state index in [9.17, 15) is 0 Å². The quantitative estimate of drug-likeness (QED) is 0.792. The van der Waals surface area contributed by atoms with Gasteiger partial charge < -0.3 is 5.73 Å². The average molecular weight is 232 g/mol. The van der Waals surface area contributed by atoms with Crippen molar-refractivity contribution in [3.63, 3.8) is 0 Å². The molecule has 2 aliphatic rings. The van der Waals surface area contributed by atoms with Crippen molar-refractivity contribution >= 4 is 0 Å². The first kappa shape index (κ1) is 12.6. The van der Waals surface area contributed by atoms with Crippen molar-refractivity contribution < 1.29 is 0 Å². The molecule has 0 aromatic carbocycles. The highest BCUT2D eigenvalue weighted by atomic mass is 15.1. The monoisotopic (exact) mass is 232 g/mol. The first-order valence-electron chi connectivity index (χ1n) is 6.61. The Morgan fingerprint density at radius 1 is 1.41 bits per heavy atom. The highest BCUT2D eigenvalue weighted by molar-refractivity contribution is 5.31. The van der Waals surface area contributed by atoms with E-state index in [2.05, 4.69) is 49.1 Å². The smallest absolute Gasteiger partial charge is 0.0234 e. The normalized spacial score (nSPS) is 28.9. The Bertz CT molecular complexity index is 350. The summed E-state index contributed by atoms with van der Waals surface area (Å²) in [6, 6.07) is 0.367. The molecule has 1 saturated heterocycles. The van der Waals surface area contributed by atoms with Crippen molar-refractivity contribution in [3.05, 3.63) is 36.0 Å². The lowest BCUT2D eigenvalue weighted by Crippen LogP contribution is -2.43. The van der Waals surface area contributed by atoms with E-state index in [1.165, 1.54) is 25.0 Å². The third kappa shape index (κ3) is 3.83. The molecule has 0 bridgehead atoms. The van der Waals surface area contributed by atoms with Gasteiger partial charge in [-0.15, -0.1) is 0 Å². The largest absolute Gasteiger partial charge is 0.327 e. The van der Waals surface area contributed by atoms with Crippen LogP contribution in [0.3, 0.4) is 0 Å². The molecule has 2 nitrogen and oxygen atoms in total. The molecule has 0 aromatic heterocycles. The van der Waals surface area contributed by atoms with Crippen LogP contribution in [-0.2, 0) is 0 Å². The lowest BCUT2D eigenvalue weighted by Gasteiger charge is -2.30. The first-order valence-corrected chi connectivity index (χ1v) is 6.61. The molecule has 0 aromatic rings. The number of rotatable bonds is 2. The molecule has 1 atom stereocenters. The molecule has 2 rings (SSSR count). The molecule has 1 aliphatic carbocycles. The van der Waals surface area contributed by atoms with E-state index in [0.29, 0.717) is 6.04 Å². The Hall–Kier alpha value is -0.860. The summed E-state index contributed by atoms with van der Waals surface area (Å²) < 4.78 is 0. The topological polar surface area (TPSA) is 29.3 Å². The molecule has 1 aliphatic heterocycles. The van der Waals surface area contributed by atoms with Crippen LogP contribution in [0.1, 0.15) is 26.7 Å². The van der Waals surface area contributed by atoms with Crippen LogP contribution >= 0.6 is 0 Å². The van der Waals surface area contributed by atoms with Gasteiger partial charge in [0.1, 0.15) is 0 Å². The zero-order valence-electron chi connectivity index (χ0n) is 11.0. The Balaban J connectivity index is 1.95. The number of hydrogen-bond acceptors (Lipinski definition) is 2. The Morgan fingerprint density at radius 2 is 2.24 bits per heavy atom. The van der Waals surface area contributed by atoms with E-state index in [-0.39, 0.29) is 5.41 Å². The number of nitrogens with zero attached hydrogens (tertiary/aromatic N) is 1. The molecule has 1 heterocycles. The van der Waals surface area contributed by atoms with Gasteiger partial charge in [0.25, 0.3) is 0 Å². The van der Waals surface area contributed by atoms with Crippen molar-refractivity contribution in [2.75, 3.05) is 19.6 Å². The molecule has 94 valence electrons. The first-order chi connectivity index (χ1) is 8.05. The number of nitrogens with two attached hydrogens (primary N) is 1. The van der Waals surface area contributed by atoms with Crippen molar-refractivity contribution in [3.8, 4) is 0 Å². The van der Waals surface area contributed by atoms with Gasteiger partial charge in [-0.3, -0.25) is 4.90 Å². The van der Waals surface area contributed by atoms with Crippen LogP contribution in [0.25, 0.3) is 0 Å². The van der Waals surface area contributed by atoms with E-state index in [1.54, 1.807) is 0 Å². The minimum Gasteiger partial charge on any atom is -0.327 e. The summed E-state index contributed by atoms with van der Waals surface area (Å²) in [4.78, 5) is 2.47. The summed E-state index contributed by atoms with van der Waals surface area (Å²) in [6.07, 6.45) is 13.6. The molecular formula is C15H24N2. The second-order valence-corrected chi connectivity index (χ2v) is 5.89. The lowest BCUT2D eigenvalue weighted by molar-refractivity contribution is 0.226. The van der Waals surface area contributed by atoms with Gasteiger partial charge in [0.2, 0.25) is 0 Å².